The smallest absolute Gasteiger partial charge is 0.198 e. The first-order valence-electron chi connectivity index (χ1n) is 8.45. The summed E-state index contributed by atoms with van der Waals surface area (Å²) in [6.07, 6.45) is 5.20. The van der Waals surface area contributed by atoms with Crippen LogP contribution in [0.3, 0.4) is 0 Å². The van der Waals surface area contributed by atoms with Gasteiger partial charge in [0.2, 0.25) is 0 Å². The fourth-order valence-electron chi connectivity index (χ4n) is 2.77. The van der Waals surface area contributed by atoms with Gasteiger partial charge < -0.3 is 4.57 Å². The molecule has 0 amide bonds. The molecule has 4 rings (SSSR count). The van der Waals surface area contributed by atoms with Crippen molar-refractivity contribution in [2.75, 3.05) is 0 Å². The lowest BCUT2D eigenvalue weighted by Gasteiger charge is -2.07. The largest absolute Gasteiger partial charge is 0.304 e. The zero-order chi connectivity index (χ0) is 19.5. The molecular weight excluding hydrogens is 408 g/mol. The van der Waals surface area contributed by atoms with Gasteiger partial charge >= 0.3 is 0 Å². The minimum Gasteiger partial charge on any atom is -0.304 e. The van der Waals surface area contributed by atoms with E-state index in [1.165, 1.54) is 23.1 Å². The first-order valence-corrected chi connectivity index (χ1v) is 10.5. The molecular formula is C19H16N6S3. The van der Waals surface area contributed by atoms with Gasteiger partial charge in [0.25, 0.3) is 0 Å². The molecule has 0 aliphatic carbocycles. The van der Waals surface area contributed by atoms with Crippen LogP contribution in [0.4, 0.5) is 0 Å². The van der Waals surface area contributed by atoms with E-state index >= 15 is 0 Å². The fraction of sp³-hybridized carbons (Fsp3) is 0.105. The lowest BCUT2D eigenvalue weighted by Crippen LogP contribution is -2.01. The van der Waals surface area contributed by atoms with Crippen molar-refractivity contribution in [2.45, 2.75) is 23.3 Å². The molecule has 0 unspecified atom stereocenters. The minimum absolute atomic E-state index is 0.598. The van der Waals surface area contributed by atoms with Gasteiger partial charge in [-0.05, 0) is 24.0 Å². The number of fused-ring (bicyclic) bond motifs is 1. The van der Waals surface area contributed by atoms with Crippen LogP contribution < -0.4 is 0 Å². The van der Waals surface area contributed by atoms with Crippen LogP contribution in [0.25, 0.3) is 21.7 Å². The van der Waals surface area contributed by atoms with Gasteiger partial charge in [0.1, 0.15) is 16.1 Å². The number of benzene rings is 1. The zero-order valence-electron chi connectivity index (χ0n) is 14.9. The van der Waals surface area contributed by atoms with Crippen LogP contribution in [0, 0.1) is 3.95 Å². The molecule has 0 aliphatic rings. The number of aromatic nitrogens is 6. The van der Waals surface area contributed by atoms with Crippen molar-refractivity contribution in [1.29, 1.82) is 0 Å². The average molecular weight is 425 g/mol. The van der Waals surface area contributed by atoms with E-state index < -0.39 is 0 Å². The van der Waals surface area contributed by atoms with Gasteiger partial charge in [0.05, 0.1) is 0 Å². The molecule has 0 atom stereocenters. The van der Waals surface area contributed by atoms with E-state index in [1.54, 1.807) is 6.33 Å². The molecule has 0 N–H and O–H groups in total. The summed E-state index contributed by atoms with van der Waals surface area (Å²) in [5.74, 6) is 0.796. The van der Waals surface area contributed by atoms with Gasteiger partial charge in [-0.15, -0.1) is 34.7 Å². The molecule has 0 bridgehead atoms. The molecule has 0 spiro atoms. The number of thiazole rings is 1. The Hall–Kier alpha value is -2.62. The highest BCUT2D eigenvalue weighted by Gasteiger charge is 2.18. The minimum atomic E-state index is 0.598. The lowest BCUT2D eigenvalue weighted by atomic mass is 10.2. The van der Waals surface area contributed by atoms with E-state index in [0.29, 0.717) is 13.1 Å². The summed E-state index contributed by atoms with van der Waals surface area (Å²) in [6.45, 7) is 8.88. The maximum Gasteiger partial charge on any atom is 0.198 e. The Bertz CT molecular complexity index is 1210. The first kappa shape index (κ1) is 18.7. The Morgan fingerprint density at radius 3 is 2.54 bits per heavy atom. The topological polar surface area (TPSA) is 61.4 Å². The van der Waals surface area contributed by atoms with Gasteiger partial charge in [-0.25, -0.2) is 9.97 Å². The van der Waals surface area contributed by atoms with Gasteiger partial charge in [-0.3, -0.25) is 4.57 Å². The third-order valence-corrected chi connectivity index (χ3v) is 6.54. The first-order chi connectivity index (χ1) is 13.7. The third kappa shape index (κ3) is 3.44. The number of nitrogens with zero attached hydrogens (tertiary/aromatic N) is 6. The van der Waals surface area contributed by atoms with Crippen LogP contribution >= 0.6 is 35.3 Å². The van der Waals surface area contributed by atoms with E-state index in [2.05, 4.69) is 33.3 Å². The van der Waals surface area contributed by atoms with Crippen LogP contribution in [0.1, 0.15) is 0 Å². The number of rotatable bonds is 7. The van der Waals surface area contributed by atoms with E-state index in [1.807, 2.05) is 51.6 Å². The number of hydrogen-bond acceptors (Lipinski definition) is 7. The molecule has 3 heterocycles. The normalized spacial score (nSPS) is 11.0. The Kier molecular flexibility index (Phi) is 5.47. The molecule has 1 aromatic carbocycles. The lowest BCUT2D eigenvalue weighted by molar-refractivity contribution is 0.730. The molecule has 140 valence electrons. The number of allylic oxidation sites excluding steroid dienone is 2. The fourth-order valence-corrected chi connectivity index (χ4v) is 5.08. The third-order valence-electron chi connectivity index (χ3n) is 3.98. The van der Waals surface area contributed by atoms with E-state index in [-0.39, 0.29) is 0 Å². The molecule has 0 saturated carbocycles. The van der Waals surface area contributed by atoms with E-state index in [0.717, 1.165) is 35.9 Å². The van der Waals surface area contributed by atoms with Gasteiger partial charge in [0.15, 0.2) is 20.6 Å². The van der Waals surface area contributed by atoms with Crippen molar-refractivity contribution >= 4 is 45.7 Å². The van der Waals surface area contributed by atoms with Crippen LogP contribution in [0.15, 0.2) is 72.2 Å². The summed E-state index contributed by atoms with van der Waals surface area (Å²) in [5.41, 5.74) is 1.81. The summed E-state index contributed by atoms with van der Waals surface area (Å²) in [4.78, 5) is 8.88. The van der Waals surface area contributed by atoms with E-state index in [9.17, 15) is 0 Å². The summed E-state index contributed by atoms with van der Waals surface area (Å²) < 4.78 is 5.67. The van der Waals surface area contributed by atoms with E-state index in [4.69, 9.17) is 12.2 Å². The highest BCUT2D eigenvalue weighted by molar-refractivity contribution is 7.99. The summed E-state index contributed by atoms with van der Waals surface area (Å²) in [5, 5.41) is 10.4. The van der Waals surface area contributed by atoms with Gasteiger partial charge in [-0.2, -0.15) is 0 Å². The Morgan fingerprint density at radius 2 is 1.79 bits per heavy atom. The van der Waals surface area contributed by atoms with Crippen molar-refractivity contribution in [3.05, 3.63) is 65.9 Å². The second-order valence-corrected chi connectivity index (χ2v) is 8.37. The summed E-state index contributed by atoms with van der Waals surface area (Å²) in [7, 11) is 0. The van der Waals surface area contributed by atoms with Gasteiger partial charge in [0, 0.05) is 18.7 Å². The van der Waals surface area contributed by atoms with Gasteiger partial charge in [-0.1, -0.05) is 42.5 Å². The molecule has 3 aromatic heterocycles. The molecule has 0 radical (unpaired) electrons. The predicted molar refractivity (Wildman–Crippen MR) is 116 cm³/mol. The van der Waals surface area contributed by atoms with Crippen molar-refractivity contribution in [2.24, 2.45) is 0 Å². The second kappa shape index (κ2) is 8.17. The van der Waals surface area contributed by atoms with Crippen LogP contribution in [-0.4, -0.2) is 29.3 Å². The zero-order valence-corrected chi connectivity index (χ0v) is 17.3. The molecule has 6 nitrogen and oxygen atoms in total. The summed E-state index contributed by atoms with van der Waals surface area (Å²) in [6, 6.07) is 9.98. The average Bonchev–Trinajstić information content (AvgIpc) is 3.25. The summed E-state index contributed by atoms with van der Waals surface area (Å²) >= 11 is 8.44. The highest BCUT2D eigenvalue weighted by atomic mass is 32.2. The van der Waals surface area contributed by atoms with Crippen LogP contribution in [0.2, 0.25) is 0 Å². The predicted octanol–water partition coefficient (Wildman–Crippen LogP) is 5.00. The number of hydrogen-bond donors (Lipinski definition) is 0. The van der Waals surface area contributed by atoms with Crippen LogP contribution in [-0.2, 0) is 13.1 Å². The molecule has 9 heteroatoms. The maximum absolute atomic E-state index is 5.49. The monoisotopic (exact) mass is 424 g/mol. The van der Waals surface area contributed by atoms with Crippen molar-refractivity contribution in [3.63, 3.8) is 0 Å². The highest BCUT2D eigenvalue weighted by Crippen LogP contribution is 2.35. The quantitative estimate of drug-likeness (QED) is 0.236. The van der Waals surface area contributed by atoms with Crippen molar-refractivity contribution in [3.8, 4) is 11.4 Å². The molecule has 4 aromatic rings. The molecule has 0 saturated heterocycles. The van der Waals surface area contributed by atoms with Crippen molar-refractivity contribution < 1.29 is 0 Å². The Morgan fingerprint density at radius 1 is 1.04 bits per heavy atom. The SMILES string of the molecule is C=CCn1c(Sc2ncnc3c2sc(=S)n3CC=C)nnc1-c1ccccc1. The molecule has 28 heavy (non-hydrogen) atoms. The maximum atomic E-state index is 5.49. The molecule has 0 aliphatic heterocycles. The second-order valence-electron chi connectivity index (χ2n) is 5.77. The van der Waals surface area contributed by atoms with Crippen LogP contribution in [0.5, 0.6) is 0 Å². The Balaban J connectivity index is 1.79. The Labute approximate surface area is 175 Å². The standard InChI is InChI=1S/C19H16N6S3/c1-3-10-24-15(13-8-6-5-7-9-13)22-23-18(24)28-17-14-16(20-12-21-17)25(11-4-2)19(26)27-14/h3-9,12H,1-2,10-11H2. The molecule has 0 fully saturated rings. The van der Waals surface area contributed by atoms with Crippen molar-refractivity contribution in [1.82, 2.24) is 29.3 Å².